The molecule has 0 atom stereocenters. The highest BCUT2D eigenvalue weighted by molar-refractivity contribution is 4.65. The van der Waals surface area contributed by atoms with E-state index in [-0.39, 0.29) is 0 Å². The number of nitrogens with zero attached hydrogens (tertiary/aromatic N) is 2. The summed E-state index contributed by atoms with van der Waals surface area (Å²) in [6.45, 7) is 16.1. The zero-order valence-electron chi connectivity index (χ0n) is 17.2. The molecule has 0 aromatic heterocycles. The third kappa shape index (κ3) is 4.75. The van der Waals surface area contributed by atoms with Crippen LogP contribution in [0.5, 0.6) is 0 Å². The van der Waals surface area contributed by atoms with Crippen molar-refractivity contribution in [3.63, 3.8) is 0 Å². The third-order valence-corrected chi connectivity index (χ3v) is 7.14. The van der Waals surface area contributed by atoms with Crippen LogP contribution in [0.25, 0.3) is 0 Å². The van der Waals surface area contributed by atoms with Crippen molar-refractivity contribution in [3.05, 3.63) is 0 Å². The topological polar surface area (TPSA) is 0 Å². The maximum Gasteiger partial charge on any atom is 0.216 e. The maximum atomic E-state index is 2.44. The first-order chi connectivity index (χ1) is 11.7. The van der Waals surface area contributed by atoms with Crippen LogP contribution < -0.4 is 0 Å². The van der Waals surface area contributed by atoms with Gasteiger partial charge >= 0.3 is 0 Å². The van der Waals surface area contributed by atoms with Crippen molar-refractivity contribution >= 4 is 0 Å². The Hall–Kier alpha value is -0.0800. The van der Waals surface area contributed by atoms with E-state index in [1.54, 1.807) is 0 Å². The second kappa shape index (κ2) is 10.2. The molecule has 0 aromatic carbocycles. The van der Waals surface area contributed by atoms with Gasteiger partial charge in [0.1, 0.15) is 0 Å². The zero-order chi connectivity index (χ0) is 17.3. The average Bonchev–Trinajstić information content (AvgIpc) is 2.64. The number of unbranched alkanes of at least 4 members (excludes halogenated alkanes) is 2. The lowest BCUT2D eigenvalue weighted by Crippen LogP contribution is -2.72. The Balaban J connectivity index is 2.29. The molecule has 0 bridgehead atoms. The van der Waals surface area contributed by atoms with Crippen molar-refractivity contribution in [2.24, 2.45) is 0 Å². The molecule has 2 aliphatic rings. The van der Waals surface area contributed by atoms with E-state index >= 15 is 0 Å². The van der Waals surface area contributed by atoms with E-state index in [0.29, 0.717) is 0 Å². The molecule has 0 unspecified atom stereocenters. The summed E-state index contributed by atoms with van der Waals surface area (Å²) in [7, 11) is 0. The largest absolute Gasteiger partial charge is 0.275 e. The van der Waals surface area contributed by atoms with Gasteiger partial charge in [0, 0.05) is 0 Å². The summed E-state index contributed by atoms with van der Waals surface area (Å²) in [5.74, 6) is 0. The summed E-state index contributed by atoms with van der Waals surface area (Å²) < 4.78 is 2.98. The van der Waals surface area contributed by atoms with Crippen LogP contribution in [-0.4, -0.2) is 54.4 Å². The summed E-state index contributed by atoms with van der Waals surface area (Å²) >= 11 is 0. The predicted molar refractivity (Wildman–Crippen MR) is 106 cm³/mol. The standard InChI is InChI=1S/C22H46N2/c1-4-7-16-23(18-11-9-12-19-23)22(15-6-3)24(17-8-5-2)20-13-10-14-21-24/h22H,4-21H2,1-3H3/q+2. The van der Waals surface area contributed by atoms with Crippen molar-refractivity contribution in [1.82, 2.24) is 0 Å². The van der Waals surface area contributed by atoms with Gasteiger partial charge in [-0.25, -0.2) is 0 Å². The molecule has 0 spiro atoms. The third-order valence-electron chi connectivity index (χ3n) is 7.14. The lowest BCUT2D eigenvalue weighted by Gasteiger charge is -2.56. The molecular weight excluding hydrogens is 292 g/mol. The van der Waals surface area contributed by atoms with Gasteiger partial charge in [-0.3, -0.25) is 8.97 Å². The molecule has 0 saturated carbocycles. The second-order valence-corrected chi connectivity index (χ2v) is 8.88. The van der Waals surface area contributed by atoms with Crippen molar-refractivity contribution < 1.29 is 8.97 Å². The van der Waals surface area contributed by atoms with Crippen LogP contribution in [0.4, 0.5) is 0 Å². The first kappa shape index (κ1) is 20.2. The molecule has 2 heterocycles. The monoisotopic (exact) mass is 338 g/mol. The molecule has 0 aliphatic carbocycles. The van der Waals surface area contributed by atoms with E-state index in [9.17, 15) is 0 Å². The molecule has 0 N–H and O–H groups in total. The van der Waals surface area contributed by atoms with Crippen LogP contribution in [0.2, 0.25) is 0 Å². The minimum atomic E-state index is 0.911. The highest BCUT2D eigenvalue weighted by Crippen LogP contribution is 2.36. The van der Waals surface area contributed by atoms with Crippen molar-refractivity contribution in [3.8, 4) is 0 Å². The minimum absolute atomic E-state index is 0.911. The Labute approximate surface area is 152 Å². The van der Waals surface area contributed by atoms with Crippen molar-refractivity contribution in [2.45, 2.75) is 104 Å². The minimum Gasteiger partial charge on any atom is -0.275 e. The molecule has 142 valence electrons. The molecule has 2 fully saturated rings. The Kier molecular flexibility index (Phi) is 8.57. The second-order valence-electron chi connectivity index (χ2n) is 8.88. The van der Waals surface area contributed by atoms with E-state index in [1.165, 1.54) is 125 Å². The Bertz CT molecular complexity index is 297. The fourth-order valence-corrected chi connectivity index (χ4v) is 5.90. The van der Waals surface area contributed by atoms with Crippen LogP contribution in [0, 0.1) is 0 Å². The van der Waals surface area contributed by atoms with E-state index in [2.05, 4.69) is 20.8 Å². The van der Waals surface area contributed by atoms with Gasteiger partial charge in [0.25, 0.3) is 0 Å². The average molecular weight is 339 g/mol. The lowest BCUT2D eigenvalue weighted by atomic mass is 9.97. The summed E-state index contributed by atoms with van der Waals surface area (Å²) in [5, 5.41) is 0. The lowest BCUT2D eigenvalue weighted by molar-refractivity contribution is -1.14. The van der Waals surface area contributed by atoms with Crippen molar-refractivity contribution in [2.75, 3.05) is 39.3 Å². The van der Waals surface area contributed by atoms with Gasteiger partial charge in [-0.2, -0.15) is 0 Å². The first-order valence-corrected chi connectivity index (χ1v) is 11.4. The highest BCUT2D eigenvalue weighted by atomic mass is 15.6. The number of quaternary nitrogens is 2. The van der Waals surface area contributed by atoms with Gasteiger partial charge in [0.2, 0.25) is 6.17 Å². The van der Waals surface area contributed by atoms with Crippen LogP contribution in [0.3, 0.4) is 0 Å². The Morgan fingerprint density at radius 1 is 0.583 bits per heavy atom. The van der Waals surface area contributed by atoms with Crippen LogP contribution in [0.15, 0.2) is 0 Å². The van der Waals surface area contributed by atoms with E-state index in [1.807, 2.05) is 0 Å². The molecule has 0 amide bonds. The summed E-state index contributed by atoms with van der Waals surface area (Å²) in [6, 6.07) is 0. The summed E-state index contributed by atoms with van der Waals surface area (Å²) in [4.78, 5) is 0. The number of piperidine rings is 2. The maximum absolute atomic E-state index is 2.44. The SMILES string of the molecule is CCCC[N+]1(C(CCC)[N+]2(CCCC)CCCCC2)CCCCC1. The van der Waals surface area contributed by atoms with Gasteiger partial charge in [-0.1, -0.05) is 33.6 Å². The van der Waals surface area contributed by atoms with E-state index in [0.717, 1.165) is 6.17 Å². The molecular formula is C22H46N2+2. The highest BCUT2D eigenvalue weighted by Gasteiger charge is 2.50. The molecule has 0 aromatic rings. The van der Waals surface area contributed by atoms with Crippen LogP contribution in [0.1, 0.15) is 97.8 Å². The first-order valence-electron chi connectivity index (χ1n) is 11.4. The molecule has 2 aliphatic heterocycles. The molecule has 2 saturated heterocycles. The Morgan fingerprint density at radius 2 is 1.00 bits per heavy atom. The molecule has 0 radical (unpaired) electrons. The van der Waals surface area contributed by atoms with Gasteiger partial charge in [-0.05, 0) is 57.8 Å². The van der Waals surface area contributed by atoms with E-state index < -0.39 is 0 Å². The molecule has 2 rings (SSSR count). The predicted octanol–water partition coefficient (Wildman–Crippen LogP) is 5.71. The number of rotatable bonds is 10. The van der Waals surface area contributed by atoms with Crippen LogP contribution in [-0.2, 0) is 0 Å². The zero-order valence-corrected chi connectivity index (χ0v) is 17.2. The van der Waals surface area contributed by atoms with E-state index in [4.69, 9.17) is 0 Å². The fourth-order valence-electron chi connectivity index (χ4n) is 5.90. The Morgan fingerprint density at radius 3 is 1.33 bits per heavy atom. The van der Waals surface area contributed by atoms with Gasteiger partial charge in [-0.15, -0.1) is 0 Å². The molecule has 2 nitrogen and oxygen atoms in total. The number of hydrogen-bond donors (Lipinski definition) is 0. The quantitative estimate of drug-likeness (QED) is 0.447. The fraction of sp³-hybridized carbons (Fsp3) is 1.00. The van der Waals surface area contributed by atoms with Gasteiger partial charge in [0.05, 0.1) is 45.7 Å². The normalized spacial score (nSPS) is 23.5. The summed E-state index contributed by atoms with van der Waals surface area (Å²) in [6.07, 6.45) is 18.3. The van der Waals surface area contributed by atoms with Crippen molar-refractivity contribution in [1.29, 1.82) is 0 Å². The summed E-state index contributed by atoms with van der Waals surface area (Å²) in [5.41, 5.74) is 0. The van der Waals surface area contributed by atoms with Gasteiger partial charge in [0.15, 0.2) is 0 Å². The smallest absolute Gasteiger partial charge is 0.216 e. The number of likely N-dealkylation sites (tertiary alicyclic amines) is 2. The molecule has 2 heteroatoms. The van der Waals surface area contributed by atoms with Crippen LogP contribution >= 0.6 is 0 Å². The molecule has 24 heavy (non-hydrogen) atoms. The number of hydrogen-bond acceptors (Lipinski definition) is 0. The van der Waals surface area contributed by atoms with Gasteiger partial charge < -0.3 is 0 Å².